The summed E-state index contributed by atoms with van der Waals surface area (Å²) in [6.45, 7) is 8.09. The Morgan fingerprint density at radius 2 is 1.95 bits per heavy atom. The summed E-state index contributed by atoms with van der Waals surface area (Å²) in [4.78, 5) is 42.8. The molecule has 2 amide bonds. The summed E-state index contributed by atoms with van der Waals surface area (Å²) < 4.78 is 14.2. The first kappa shape index (κ1) is 29.9. The number of aromatic nitrogens is 3. The highest BCUT2D eigenvalue weighted by atomic mass is 28.3. The predicted octanol–water partition coefficient (Wildman–Crippen LogP) is 5.30. The van der Waals surface area contributed by atoms with E-state index >= 15 is 0 Å². The number of ether oxygens (including phenoxy) is 2. The van der Waals surface area contributed by atoms with E-state index < -0.39 is 8.07 Å². The van der Waals surface area contributed by atoms with Crippen LogP contribution in [0.2, 0.25) is 25.7 Å². The first-order valence-electron chi connectivity index (χ1n) is 14.9. The number of anilines is 1. The number of likely N-dealkylation sites (tertiary alicyclic amines) is 1. The standard InChI is InChI=1S/C31H41N5O5Si/c1-42(2,3)15-14-40-21-35-25(11-12-30(35)38)20-41-29-17-27-23(16-28(29)33-31(39)26-6-4-5-13-32-26)18-36(34-27)24-9-7-22(19-37)8-10-24/h4-6,13,16-19,22,24-25H,7-12,14-15,20-21H2,1-3H3,(H,33,39)/t22?,24?,25-/m1/s1. The number of aldehydes is 1. The van der Waals surface area contributed by atoms with Gasteiger partial charge in [0.05, 0.1) is 23.3 Å². The summed E-state index contributed by atoms with van der Waals surface area (Å²) in [7, 11) is -1.22. The number of rotatable bonds is 12. The molecule has 0 radical (unpaired) electrons. The Labute approximate surface area is 247 Å². The van der Waals surface area contributed by atoms with Gasteiger partial charge >= 0.3 is 0 Å². The predicted molar refractivity (Wildman–Crippen MR) is 163 cm³/mol. The van der Waals surface area contributed by atoms with E-state index in [2.05, 4.69) is 29.9 Å². The quantitative estimate of drug-likeness (QED) is 0.173. The maximum absolute atomic E-state index is 13.0. The van der Waals surface area contributed by atoms with Crippen LogP contribution >= 0.6 is 0 Å². The van der Waals surface area contributed by atoms with Gasteiger partial charge in [0.1, 0.15) is 31.1 Å². The molecule has 3 heterocycles. The van der Waals surface area contributed by atoms with Gasteiger partial charge in [0.15, 0.2) is 0 Å². The summed E-state index contributed by atoms with van der Waals surface area (Å²) in [6, 6.07) is 10.1. The van der Waals surface area contributed by atoms with Crippen LogP contribution in [0.25, 0.3) is 10.9 Å². The van der Waals surface area contributed by atoms with E-state index in [1.165, 1.54) is 0 Å². The van der Waals surface area contributed by atoms with E-state index in [1.807, 2.05) is 23.0 Å². The summed E-state index contributed by atoms with van der Waals surface area (Å²) in [5.41, 5.74) is 1.58. The topological polar surface area (TPSA) is 116 Å². The molecule has 2 aromatic heterocycles. The van der Waals surface area contributed by atoms with Gasteiger partial charge in [-0.1, -0.05) is 25.7 Å². The number of fused-ring (bicyclic) bond motifs is 1. The second-order valence-corrected chi connectivity index (χ2v) is 18.2. The Kier molecular flexibility index (Phi) is 9.37. The zero-order valence-electron chi connectivity index (χ0n) is 24.8. The van der Waals surface area contributed by atoms with E-state index in [9.17, 15) is 14.4 Å². The van der Waals surface area contributed by atoms with Crippen LogP contribution in [-0.4, -0.2) is 71.8 Å². The number of pyridine rings is 1. The largest absolute Gasteiger partial charge is 0.489 e. The molecule has 1 atom stereocenters. The molecule has 1 aliphatic carbocycles. The molecule has 1 aromatic carbocycles. The Morgan fingerprint density at radius 1 is 1.14 bits per heavy atom. The van der Waals surface area contributed by atoms with Crippen molar-refractivity contribution >= 4 is 42.8 Å². The normalized spacial score (nSPS) is 21.1. The fraction of sp³-hybridized carbons (Fsp3) is 0.516. The van der Waals surface area contributed by atoms with Crippen molar-refractivity contribution in [3.63, 3.8) is 0 Å². The van der Waals surface area contributed by atoms with Crippen molar-refractivity contribution < 1.29 is 23.9 Å². The molecule has 0 spiro atoms. The van der Waals surface area contributed by atoms with Crippen molar-refractivity contribution in [2.45, 2.75) is 76.3 Å². The van der Waals surface area contributed by atoms with Gasteiger partial charge in [-0.05, 0) is 56.3 Å². The van der Waals surface area contributed by atoms with Gasteiger partial charge < -0.3 is 24.5 Å². The molecule has 1 aliphatic heterocycles. The van der Waals surface area contributed by atoms with Gasteiger partial charge in [0, 0.05) is 50.9 Å². The lowest BCUT2D eigenvalue weighted by atomic mass is 9.87. The van der Waals surface area contributed by atoms with Crippen LogP contribution in [0.4, 0.5) is 5.69 Å². The molecule has 11 heteroatoms. The second-order valence-electron chi connectivity index (χ2n) is 12.6. The minimum atomic E-state index is -1.22. The monoisotopic (exact) mass is 591 g/mol. The molecule has 5 rings (SSSR count). The first-order chi connectivity index (χ1) is 20.2. The fourth-order valence-electron chi connectivity index (χ4n) is 5.53. The highest BCUT2D eigenvalue weighted by Crippen LogP contribution is 2.35. The number of nitrogens with one attached hydrogen (secondary N) is 1. The van der Waals surface area contributed by atoms with Gasteiger partial charge in [-0.25, -0.2) is 0 Å². The molecule has 0 bridgehead atoms. The third kappa shape index (κ3) is 7.43. The third-order valence-corrected chi connectivity index (χ3v) is 9.89. The average molecular weight is 592 g/mol. The first-order valence-corrected chi connectivity index (χ1v) is 18.6. The number of hydrogen-bond acceptors (Lipinski definition) is 7. The Bertz CT molecular complexity index is 1400. The lowest BCUT2D eigenvalue weighted by Crippen LogP contribution is -2.39. The van der Waals surface area contributed by atoms with Crippen molar-refractivity contribution in [3.8, 4) is 5.75 Å². The smallest absolute Gasteiger partial charge is 0.274 e. The van der Waals surface area contributed by atoms with E-state index in [0.29, 0.717) is 36.6 Å². The van der Waals surface area contributed by atoms with Gasteiger partial charge in [-0.3, -0.25) is 19.3 Å². The number of carbonyl (C=O) groups is 3. The molecule has 3 aromatic rings. The minimum Gasteiger partial charge on any atom is -0.489 e. The average Bonchev–Trinajstić information content (AvgIpc) is 3.56. The molecular formula is C31H41N5O5Si. The zero-order valence-corrected chi connectivity index (χ0v) is 25.8. The molecule has 10 nitrogen and oxygen atoms in total. The molecule has 2 aliphatic rings. The molecule has 1 saturated heterocycles. The van der Waals surface area contributed by atoms with Crippen LogP contribution in [0.1, 0.15) is 55.1 Å². The highest BCUT2D eigenvalue weighted by Gasteiger charge is 2.32. The number of nitrogens with zero attached hydrogens (tertiary/aromatic N) is 4. The van der Waals surface area contributed by atoms with Gasteiger partial charge in [0.25, 0.3) is 5.91 Å². The van der Waals surface area contributed by atoms with E-state index in [1.54, 1.807) is 29.3 Å². The van der Waals surface area contributed by atoms with Gasteiger partial charge in [-0.2, -0.15) is 5.10 Å². The van der Waals surface area contributed by atoms with E-state index in [-0.39, 0.29) is 43.2 Å². The zero-order chi connectivity index (χ0) is 29.7. The van der Waals surface area contributed by atoms with Crippen LogP contribution in [0.15, 0.2) is 42.7 Å². The van der Waals surface area contributed by atoms with Gasteiger partial charge in [0.2, 0.25) is 5.91 Å². The summed E-state index contributed by atoms with van der Waals surface area (Å²) in [6.07, 6.45) is 9.31. The minimum absolute atomic E-state index is 0.0683. The number of benzene rings is 1. The summed E-state index contributed by atoms with van der Waals surface area (Å²) in [5, 5.41) is 8.69. The van der Waals surface area contributed by atoms with Crippen LogP contribution < -0.4 is 10.1 Å². The van der Waals surface area contributed by atoms with Gasteiger partial charge in [-0.15, -0.1) is 0 Å². The van der Waals surface area contributed by atoms with Crippen LogP contribution in [-0.2, 0) is 14.3 Å². The number of amides is 2. The van der Waals surface area contributed by atoms with Crippen molar-refractivity contribution in [2.75, 3.05) is 25.3 Å². The van der Waals surface area contributed by atoms with Crippen molar-refractivity contribution in [3.05, 3.63) is 48.4 Å². The highest BCUT2D eigenvalue weighted by molar-refractivity contribution is 6.76. The number of carbonyl (C=O) groups excluding carboxylic acids is 3. The molecule has 224 valence electrons. The molecule has 0 unspecified atom stereocenters. The SMILES string of the molecule is C[Si](C)(C)CCOCN1C(=O)CC[C@@H]1COc1cc2nn(C3CCC(C=O)CC3)cc2cc1NC(=O)c1ccccn1. The van der Waals surface area contributed by atoms with Crippen molar-refractivity contribution in [1.82, 2.24) is 19.7 Å². The third-order valence-electron chi connectivity index (χ3n) is 8.19. The maximum atomic E-state index is 13.0. The lowest BCUT2D eigenvalue weighted by Gasteiger charge is -2.26. The Morgan fingerprint density at radius 3 is 2.67 bits per heavy atom. The lowest BCUT2D eigenvalue weighted by molar-refractivity contribution is -0.135. The number of hydrogen-bond donors (Lipinski definition) is 1. The van der Waals surface area contributed by atoms with Crippen LogP contribution in [0, 0.1) is 5.92 Å². The van der Waals surface area contributed by atoms with E-state index in [0.717, 1.165) is 48.9 Å². The Balaban J connectivity index is 1.33. The van der Waals surface area contributed by atoms with Crippen LogP contribution in [0.5, 0.6) is 5.75 Å². The van der Waals surface area contributed by atoms with Crippen molar-refractivity contribution in [1.29, 1.82) is 0 Å². The summed E-state index contributed by atoms with van der Waals surface area (Å²) >= 11 is 0. The molecular weight excluding hydrogens is 550 g/mol. The molecule has 1 N–H and O–H groups in total. The maximum Gasteiger partial charge on any atom is 0.274 e. The van der Waals surface area contributed by atoms with Crippen molar-refractivity contribution in [2.24, 2.45) is 5.92 Å². The molecule has 2 fully saturated rings. The Hall–Kier alpha value is -3.57. The fourth-order valence-corrected chi connectivity index (χ4v) is 6.29. The second kappa shape index (κ2) is 13.2. The molecule has 42 heavy (non-hydrogen) atoms. The summed E-state index contributed by atoms with van der Waals surface area (Å²) in [5.74, 6) is 0.347. The molecule has 1 saturated carbocycles. The van der Waals surface area contributed by atoms with E-state index in [4.69, 9.17) is 14.6 Å². The van der Waals surface area contributed by atoms with Crippen LogP contribution in [0.3, 0.4) is 0 Å².